The Hall–Kier alpha value is -2.18. The van der Waals surface area contributed by atoms with Gasteiger partial charge in [-0.15, -0.1) is 0 Å². The predicted octanol–water partition coefficient (Wildman–Crippen LogP) is 2.80. The molecule has 6 heteroatoms. The van der Waals surface area contributed by atoms with Gasteiger partial charge in [0.05, 0.1) is 7.11 Å². The van der Waals surface area contributed by atoms with Crippen molar-refractivity contribution in [3.63, 3.8) is 0 Å². The number of para-hydroxylation sites is 1. The van der Waals surface area contributed by atoms with Gasteiger partial charge < -0.3 is 14.6 Å². The van der Waals surface area contributed by atoms with Gasteiger partial charge in [-0.25, -0.2) is 9.97 Å². The summed E-state index contributed by atoms with van der Waals surface area (Å²) in [6.07, 6.45) is 7.64. The third-order valence-corrected chi connectivity index (χ3v) is 5.75. The molecule has 0 bridgehead atoms. The molecule has 2 aliphatic rings. The van der Waals surface area contributed by atoms with Crippen LogP contribution in [0.4, 0.5) is 0 Å². The lowest BCUT2D eigenvalue weighted by Gasteiger charge is -2.41. The van der Waals surface area contributed by atoms with Crippen LogP contribution in [-0.2, 0) is 13.1 Å². The first-order chi connectivity index (χ1) is 13.2. The van der Waals surface area contributed by atoms with Crippen molar-refractivity contribution in [1.82, 2.24) is 14.9 Å². The Morgan fingerprint density at radius 2 is 1.96 bits per heavy atom. The molecule has 1 fully saturated rings. The lowest BCUT2D eigenvalue weighted by molar-refractivity contribution is -0.0155. The fourth-order valence-electron chi connectivity index (χ4n) is 4.25. The van der Waals surface area contributed by atoms with Crippen LogP contribution in [0.15, 0.2) is 36.7 Å². The summed E-state index contributed by atoms with van der Waals surface area (Å²) in [5, 5.41) is 9.51. The van der Waals surface area contributed by atoms with Crippen LogP contribution >= 0.6 is 0 Å². The van der Waals surface area contributed by atoms with Crippen molar-refractivity contribution >= 4 is 0 Å². The topological polar surface area (TPSA) is 67.7 Å². The average Bonchev–Trinajstić information content (AvgIpc) is 2.85. The van der Waals surface area contributed by atoms with E-state index >= 15 is 0 Å². The van der Waals surface area contributed by atoms with Gasteiger partial charge in [-0.1, -0.05) is 18.2 Å². The van der Waals surface area contributed by atoms with Gasteiger partial charge in [-0.05, 0) is 37.7 Å². The second kappa shape index (κ2) is 7.82. The van der Waals surface area contributed by atoms with Crippen LogP contribution in [0.5, 0.6) is 11.8 Å². The van der Waals surface area contributed by atoms with E-state index in [0.29, 0.717) is 11.9 Å². The molecule has 1 spiro atoms. The van der Waals surface area contributed by atoms with Gasteiger partial charge >= 0.3 is 6.01 Å². The maximum atomic E-state index is 9.51. The van der Waals surface area contributed by atoms with E-state index in [1.807, 2.05) is 18.5 Å². The minimum absolute atomic E-state index is 0.189. The van der Waals surface area contributed by atoms with Crippen molar-refractivity contribution in [2.45, 2.75) is 44.4 Å². The molecule has 1 aliphatic heterocycles. The van der Waals surface area contributed by atoms with Crippen LogP contribution in [0.1, 0.15) is 36.8 Å². The first kappa shape index (κ1) is 18.2. The van der Waals surface area contributed by atoms with Crippen LogP contribution in [0, 0.1) is 5.92 Å². The van der Waals surface area contributed by atoms with E-state index < -0.39 is 0 Å². The van der Waals surface area contributed by atoms with Gasteiger partial charge in [-0.2, -0.15) is 0 Å². The van der Waals surface area contributed by atoms with E-state index in [1.165, 1.54) is 5.56 Å². The standard InChI is InChI=1S/C21H27N3O3/c1-26-20-22-10-17(11-23-20)12-24-13-18-4-2-3-5-19(18)27-21(15-24)8-6-16(14-25)7-9-21/h2-5,10-11,16,25H,6-9,12-15H2,1H3. The van der Waals surface area contributed by atoms with Crippen LogP contribution in [0.3, 0.4) is 0 Å². The molecule has 0 amide bonds. The average molecular weight is 369 g/mol. The van der Waals surface area contributed by atoms with Gasteiger partial charge in [0, 0.05) is 49.8 Å². The fourth-order valence-corrected chi connectivity index (χ4v) is 4.25. The van der Waals surface area contributed by atoms with Crippen LogP contribution in [0.2, 0.25) is 0 Å². The Morgan fingerprint density at radius 1 is 1.22 bits per heavy atom. The first-order valence-electron chi connectivity index (χ1n) is 9.65. The Kier molecular flexibility index (Phi) is 5.27. The van der Waals surface area contributed by atoms with Crippen molar-refractivity contribution < 1.29 is 14.6 Å². The Morgan fingerprint density at radius 3 is 2.67 bits per heavy atom. The summed E-state index contributed by atoms with van der Waals surface area (Å²) >= 11 is 0. The second-order valence-electron chi connectivity index (χ2n) is 7.74. The number of hydrogen-bond donors (Lipinski definition) is 1. The monoisotopic (exact) mass is 369 g/mol. The van der Waals surface area contributed by atoms with Gasteiger partial charge in [0.15, 0.2) is 0 Å². The number of aromatic nitrogens is 2. The third kappa shape index (κ3) is 4.06. The molecular weight excluding hydrogens is 342 g/mol. The highest BCUT2D eigenvalue weighted by Crippen LogP contribution is 2.40. The Bertz CT molecular complexity index is 758. The molecule has 144 valence electrons. The fraction of sp³-hybridized carbons (Fsp3) is 0.524. The Labute approximate surface area is 160 Å². The van der Waals surface area contributed by atoms with Gasteiger partial charge in [-0.3, -0.25) is 4.90 Å². The molecule has 1 aromatic carbocycles. The smallest absolute Gasteiger partial charge is 0.316 e. The summed E-state index contributed by atoms with van der Waals surface area (Å²) in [5.74, 6) is 1.40. The van der Waals surface area contributed by atoms with Crippen molar-refractivity contribution in [3.05, 3.63) is 47.8 Å². The summed E-state index contributed by atoms with van der Waals surface area (Å²) < 4.78 is 11.7. The van der Waals surface area contributed by atoms with E-state index in [2.05, 4.69) is 33.1 Å². The van der Waals surface area contributed by atoms with Gasteiger partial charge in [0.2, 0.25) is 0 Å². The van der Waals surface area contributed by atoms with Crippen molar-refractivity contribution in [2.24, 2.45) is 5.92 Å². The molecule has 0 radical (unpaired) electrons. The zero-order chi connectivity index (χ0) is 18.7. The number of benzene rings is 1. The summed E-state index contributed by atoms with van der Waals surface area (Å²) in [6.45, 7) is 2.76. The summed E-state index contributed by atoms with van der Waals surface area (Å²) in [4.78, 5) is 10.9. The van der Waals surface area contributed by atoms with Crippen molar-refractivity contribution in [2.75, 3.05) is 20.3 Å². The quantitative estimate of drug-likeness (QED) is 0.894. The number of nitrogens with zero attached hydrogens (tertiary/aromatic N) is 3. The molecule has 4 rings (SSSR count). The first-order valence-corrected chi connectivity index (χ1v) is 9.65. The minimum Gasteiger partial charge on any atom is -0.486 e. The molecule has 2 aromatic rings. The highest BCUT2D eigenvalue weighted by Gasteiger charge is 2.40. The molecule has 1 N–H and O–H groups in total. The largest absolute Gasteiger partial charge is 0.486 e. The number of fused-ring (bicyclic) bond motifs is 1. The van der Waals surface area contributed by atoms with E-state index in [0.717, 1.165) is 56.6 Å². The molecule has 1 aliphatic carbocycles. The van der Waals surface area contributed by atoms with Gasteiger partial charge in [0.25, 0.3) is 0 Å². The molecule has 6 nitrogen and oxygen atoms in total. The van der Waals surface area contributed by atoms with Crippen molar-refractivity contribution in [3.8, 4) is 11.8 Å². The Balaban J connectivity index is 1.57. The van der Waals surface area contributed by atoms with Crippen LogP contribution < -0.4 is 9.47 Å². The van der Waals surface area contributed by atoms with Crippen LogP contribution in [0.25, 0.3) is 0 Å². The molecule has 0 atom stereocenters. The zero-order valence-corrected chi connectivity index (χ0v) is 15.8. The number of methoxy groups -OCH3 is 1. The molecule has 1 saturated carbocycles. The molecule has 2 heterocycles. The lowest BCUT2D eigenvalue weighted by atomic mass is 9.78. The summed E-state index contributed by atoms with van der Waals surface area (Å²) in [5.41, 5.74) is 2.09. The van der Waals surface area contributed by atoms with Crippen molar-refractivity contribution in [1.29, 1.82) is 0 Å². The molecule has 1 aromatic heterocycles. The normalized spacial score (nSPS) is 25.5. The molecule has 27 heavy (non-hydrogen) atoms. The molecular formula is C21H27N3O3. The summed E-state index contributed by atoms with van der Waals surface area (Å²) in [7, 11) is 1.57. The van der Waals surface area contributed by atoms with Crippen LogP contribution in [-0.4, -0.2) is 45.8 Å². The van der Waals surface area contributed by atoms with E-state index in [1.54, 1.807) is 7.11 Å². The summed E-state index contributed by atoms with van der Waals surface area (Å²) in [6, 6.07) is 8.72. The van der Waals surface area contributed by atoms with E-state index in [9.17, 15) is 5.11 Å². The number of aliphatic hydroxyl groups is 1. The number of ether oxygens (including phenoxy) is 2. The number of hydrogen-bond acceptors (Lipinski definition) is 6. The second-order valence-corrected chi connectivity index (χ2v) is 7.74. The number of rotatable bonds is 4. The molecule has 0 unspecified atom stereocenters. The highest BCUT2D eigenvalue weighted by atomic mass is 16.5. The molecule has 0 saturated heterocycles. The van der Waals surface area contributed by atoms with E-state index in [4.69, 9.17) is 9.47 Å². The highest BCUT2D eigenvalue weighted by molar-refractivity contribution is 5.35. The lowest BCUT2D eigenvalue weighted by Crippen LogP contribution is -2.48. The predicted molar refractivity (Wildman–Crippen MR) is 102 cm³/mol. The maximum Gasteiger partial charge on any atom is 0.316 e. The van der Waals surface area contributed by atoms with E-state index in [-0.39, 0.29) is 12.2 Å². The SMILES string of the molecule is COc1ncc(CN2Cc3ccccc3OC3(CCC(CO)CC3)C2)cn1. The maximum absolute atomic E-state index is 9.51. The number of aliphatic hydroxyl groups excluding tert-OH is 1. The minimum atomic E-state index is -0.189. The zero-order valence-electron chi connectivity index (χ0n) is 15.8. The third-order valence-electron chi connectivity index (χ3n) is 5.75. The van der Waals surface area contributed by atoms with Gasteiger partial charge in [0.1, 0.15) is 11.4 Å².